The highest BCUT2D eigenvalue weighted by molar-refractivity contribution is 7.25. The Balaban J connectivity index is 1.04. The van der Waals surface area contributed by atoms with Crippen LogP contribution in [-0.4, -0.2) is 24.1 Å². The summed E-state index contributed by atoms with van der Waals surface area (Å²) in [6, 6.07) is 84.6. The molecule has 0 bridgehead atoms. The molecule has 14 aromatic rings. The van der Waals surface area contributed by atoms with E-state index in [1.165, 1.54) is 58.5 Å². The minimum absolute atomic E-state index is 0.605. The van der Waals surface area contributed by atoms with Crippen LogP contribution in [0.3, 0.4) is 0 Å². The molecule has 0 N–H and O–H groups in total. The molecular weight excluding hydrogens is 859 g/mol. The minimum atomic E-state index is 0.605. The van der Waals surface area contributed by atoms with Crippen molar-refractivity contribution in [3.8, 4) is 67.8 Å². The molecule has 0 spiro atoms. The van der Waals surface area contributed by atoms with Crippen LogP contribution in [0.25, 0.3) is 132 Å². The predicted octanol–water partition coefficient (Wildman–Crippen LogP) is 16.8. The second-order valence-corrected chi connectivity index (χ2v) is 18.6. The fourth-order valence-corrected chi connectivity index (χ4v) is 11.6. The van der Waals surface area contributed by atoms with Crippen molar-refractivity contribution < 1.29 is 0 Å². The number of hydrogen-bond acceptors (Lipinski definition) is 4. The molecule has 0 unspecified atom stereocenters. The molecule has 0 aliphatic carbocycles. The van der Waals surface area contributed by atoms with E-state index in [1.807, 2.05) is 29.5 Å². The lowest BCUT2D eigenvalue weighted by atomic mass is 9.95. The third kappa shape index (κ3) is 6.34. The molecule has 0 saturated heterocycles. The summed E-state index contributed by atoms with van der Waals surface area (Å²) in [7, 11) is 0. The van der Waals surface area contributed by atoms with Crippen LogP contribution in [0.15, 0.2) is 237 Å². The van der Waals surface area contributed by atoms with Gasteiger partial charge in [0.25, 0.3) is 0 Å². The normalized spacial score (nSPS) is 11.8. The van der Waals surface area contributed by atoms with E-state index < -0.39 is 0 Å². The van der Waals surface area contributed by atoms with E-state index in [0.29, 0.717) is 17.5 Å². The van der Waals surface area contributed by atoms with Gasteiger partial charge in [-0.2, -0.15) is 0 Å². The van der Waals surface area contributed by atoms with E-state index in [1.54, 1.807) is 0 Å². The Morgan fingerprint density at radius 1 is 0.290 bits per heavy atom. The summed E-state index contributed by atoms with van der Waals surface area (Å²) >= 11 is 1.81. The van der Waals surface area contributed by atoms with Crippen LogP contribution < -0.4 is 0 Å². The van der Waals surface area contributed by atoms with Crippen LogP contribution >= 0.6 is 11.3 Å². The Kier molecular flexibility index (Phi) is 9.00. The number of rotatable bonds is 7. The van der Waals surface area contributed by atoms with Crippen molar-refractivity contribution in [1.82, 2.24) is 24.1 Å². The minimum Gasteiger partial charge on any atom is -0.309 e. The first kappa shape index (κ1) is 39.2. The molecule has 0 aliphatic heterocycles. The number of nitrogens with zero attached hydrogens (tertiary/aromatic N) is 5. The maximum absolute atomic E-state index is 5.39. The second-order valence-electron chi connectivity index (χ2n) is 17.5. The van der Waals surface area contributed by atoms with Crippen molar-refractivity contribution in [3.05, 3.63) is 237 Å². The fourth-order valence-electron chi connectivity index (χ4n) is 10.5. The van der Waals surface area contributed by atoms with Crippen molar-refractivity contribution in [2.45, 2.75) is 0 Å². The number of thiophene rings is 1. The molecule has 322 valence electrons. The standard InChI is InChI=1S/C63H39N5S/c1-4-18-40(19-5-1)42-34-36-49-56(39-42)68(55-32-17-28-47(60(49)55)46-27-16-31-54-59(46)48-25-10-13-29-52(48)67(54)44-22-8-3-9-23-44)53-30-14-11-26-50(53)63-65-61(41-20-6-2-7-21-41)64-62(66-63)43-35-37-58-51(38-43)45-24-12-15-33-57(45)69-58/h1-39H. The summed E-state index contributed by atoms with van der Waals surface area (Å²) in [5.41, 5.74) is 14.1. The molecule has 0 atom stereocenters. The molecular formula is C63H39N5S. The van der Waals surface area contributed by atoms with Crippen LogP contribution in [0.1, 0.15) is 0 Å². The molecule has 0 saturated carbocycles. The van der Waals surface area contributed by atoms with E-state index in [0.717, 1.165) is 55.6 Å². The first-order chi connectivity index (χ1) is 34.2. The molecule has 5 nitrogen and oxygen atoms in total. The molecule has 10 aromatic carbocycles. The third-order valence-electron chi connectivity index (χ3n) is 13.6. The van der Waals surface area contributed by atoms with E-state index >= 15 is 0 Å². The fraction of sp³-hybridized carbons (Fsp3) is 0. The van der Waals surface area contributed by atoms with Crippen LogP contribution in [0, 0.1) is 0 Å². The van der Waals surface area contributed by atoms with Gasteiger partial charge in [0.15, 0.2) is 17.5 Å². The van der Waals surface area contributed by atoms with Gasteiger partial charge in [-0.3, -0.25) is 0 Å². The van der Waals surface area contributed by atoms with E-state index in [9.17, 15) is 0 Å². The van der Waals surface area contributed by atoms with E-state index in [-0.39, 0.29) is 0 Å². The Bertz CT molecular complexity index is 4300. The van der Waals surface area contributed by atoms with Crippen molar-refractivity contribution in [1.29, 1.82) is 0 Å². The van der Waals surface area contributed by atoms with E-state index in [4.69, 9.17) is 15.0 Å². The molecule has 69 heavy (non-hydrogen) atoms. The van der Waals surface area contributed by atoms with Crippen molar-refractivity contribution >= 4 is 75.1 Å². The smallest absolute Gasteiger partial charge is 0.166 e. The molecule has 0 amide bonds. The maximum Gasteiger partial charge on any atom is 0.166 e. The van der Waals surface area contributed by atoms with Gasteiger partial charge in [0.1, 0.15) is 0 Å². The van der Waals surface area contributed by atoms with Crippen LogP contribution in [0.5, 0.6) is 0 Å². The quantitative estimate of drug-likeness (QED) is 0.160. The summed E-state index contributed by atoms with van der Waals surface area (Å²) in [6.45, 7) is 0. The Morgan fingerprint density at radius 2 is 0.826 bits per heavy atom. The molecule has 0 radical (unpaired) electrons. The van der Waals surface area contributed by atoms with Gasteiger partial charge >= 0.3 is 0 Å². The lowest BCUT2D eigenvalue weighted by molar-refractivity contribution is 1.06. The van der Waals surface area contributed by atoms with Gasteiger partial charge in [0.2, 0.25) is 0 Å². The predicted molar refractivity (Wildman–Crippen MR) is 289 cm³/mol. The average Bonchev–Trinajstić information content (AvgIpc) is 4.09. The van der Waals surface area contributed by atoms with Gasteiger partial charge in [0.05, 0.1) is 27.8 Å². The van der Waals surface area contributed by atoms with Crippen LogP contribution in [0.2, 0.25) is 0 Å². The lowest BCUT2D eigenvalue weighted by Gasteiger charge is -2.15. The zero-order valence-electron chi connectivity index (χ0n) is 37.2. The molecule has 0 fully saturated rings. The summed E-state index contributed by atoms with van der Waals surface area (Å²) in [5.74, 6) is 1.86. The number of hydrogen-bond donors (Lipinski definition) is 0. The molecule has 4 aromatic heterocycles. The first-order valence-corrected chi connectivity index (χ1v) is 24.1. The van der Waals surface area contributed by atoms with Gasteiger partial charge < -0.3 is 9.13 Å². The Hall–Kier alpha value is -8.97. The SMILES string of the molecule is c1ccc(-c2ccc3c4c(-c5cccc6c5c5ccccc5n6-c5ccccc5)cccc4n(-c4ccccc4-c4nc(-c5ccccc5)nc(-c5ccc6sc7ccccc7c6c5)n4)c3c2)cc1. The summed E-state index contributed by atoms with van der Waals surface area (Å²) in [6.07, 6.45) is 0. The topological polar surface area (TPSA) is 48.5 Å². The van der Waals surface area contributed by atoms with Gasteiger partial charge in [-0.15, -0.1) is 11.3 Å². The third-order valence-corrected chi connectivity index (χ3v) is 14.7. The monoisotopic (exact) mass is 897 g/mol. The highest BCUT2D eigenvalue weighted by Gasteiger charge is 2.24. The average molecular weight is 898 g/mol. The van der Waals surface area contributed by atoms with E-state index in [2.05, 4.69) is 228 Å². The zero-order valence-corrected chi connectivity index (χ0v) is 38.0. The molecule has 14 rings (SSSR count). The van der Waals surface area contributed by atoms with Crippen molar-refractivity contribution in [2.75, 3.05) is 0 Å². The second kappa shape index (κ2) is 15.8. The Labute approximate surface area is 401 Å². The summed E-state index contributed by atoms with van der Waals surface area (Å²) in [4.78, 5) is 15.9. The number of benzene rings is 10. The summed E-state index contributed by atoms with van der Waals surface area (Å²) < 4.78 is 7.33. The highest BCUT2D eigenvalue weighted by atomic mass is 32.1. The number of aromatic nitrogens is 5. The largest absolute Gasteiger partial charge is 0.309 e. The number of fused-ring (bicyclic) bond motifs is 9. The zero-order chi connectivity index (χ0) is 45.4. The van der Waals surface area contributed by atoms with Gasteiger partial charge in [-0.05, 0) is 95.1 Å². The summed E-state index contributed by atoms with van der Waals surface area (Å²) in [5, 5.41) is 7.23. The molecule has 4 heterocycles. The van der Waals surface area contributed by atoms with Gasteiger partial charge in [-0.25, -0.2) is 15.0 Å². The van der Waals surface area contributed by atoms with Crippen LogP contribution in [0.4, 0.5) is 0 Å². The van der Waals surface area contributed by atoms with Crippen molar-refractivity contribution in [3.63, 3.8) is 0 Å². The molecule has 6 heteroatoms. The maximum atomic E-state index is 5.39. The van der Waals surface area contributed by atoms with Gasteiger partial charge in [-0.1, -0.05) is 164 Å². The molecule has 0 aliphatic rings. The lowest BCUT2D eigenvalue weighted by Crippen LogP contribution is -2.03. The number of para-hydroxylation sites is 3. The highest BCUT2D eigenvalue weighted by Crippen LogP contribution is 2.46. The Morgan fingerprint density at radius 3 is 1.59 bits per heavy atom. The van der Waals surface area contributed by atoms with Crippen LogP contribution in [-0.2, 0) is 0 Å². The van der Waals surface area contributed by atoms with Crippen molar-refractivity contribution in [2.24, 2.45) is 0 Å². The first-order valence-electron chi connectivity index (χ1n) is 23.3. The van der Waals surface area contributed by atoms with Gasteiger partial charge in [0, 0.05) is 64.1 Å².